The van der Waals surface area contributed by atoms with E-state index < -0.39 is 11.6 Å². The van der Waals surface area contributed by atoms with Gasteiger partial charge in [-0.15, -0.1) is 0 Å². The van der Waals surface area contributed by atoms with Crippen LogP contribution in [0.2, 0.25) is 0 Å². The minimum atomic E-state index is -0.775. The average Bonchev–Trinajstić information content (AvgIpc) is 2.96. The van der Waals surface area contributed by atoms with Crippen molar-refractivity contribution in [3.05, 3.63) is 65.5 Å². The third-order valence-corrected chi connectivity index (χ3v) is 5.02. The maximum atomic E-state index is 13.8. The summed E-state index contributed by atoms with van der Waals surface area (Å²) in [5, 5.41) is 0. The molecule has 126 valence electrons. The van der Waals surface area contributed by atoms with E-state index in [-0.39, 0.29) is 11.5 Å². The van der Waals surface area contributed by atoms with Gasteiger partial charge in [-0.2, -0.15) is 0 Å². The van der Waals surface area contributed by atoms with Crippen LogP contribution in [-0.2, 0) is 17.7 Å². The van der Waals surface area contributed by atoms with Crippen LogP contribution in [0, 0.1) is 17.0 Å². The summed E-state index contributed by atoms with van der Waals surface area (Å²) in [4.78, 5) is 6.30. The molecule has 0 unspecified atom stereocenters. The maximum Gasteiger partial charge on any atom is 0.163 e. The van der Waals surface area contributed by atoms with Gasteiger partial charge in [-0.3, -0.25) is 9.88 Å². The molecule has 0 bridgehead atoms. The number of pyridine rings is 1. The number of rotatable bonds is 4. The highest BCUT2D eigenvalue weighted by Crippen LogP contribution is 2.42. The lowest BCUT2D eigenvalue weighted by Crippen LogP contribution is -2.56. The van der Waals surface area contributed by atoms with Crippen LogP contribution in [0.15, 0.2) is 42.7 Å². The van der Waals surface area contributed by atoms with E-state index in [0.717, 1.165) is 38.6 Å². The van der Waals surface area contributed by atoms with Crippen molar-refractivity contribution in [2.24, 2.45) is 5.41 Å². The maximum absolute atomic E-state index is 13.8. The Morgan fingerprint density at radius 3 is 2.88 bits per heavy atom. The monoisotopic (exact) mass is 330 g/mol. The third kappa shape index (κ3) is 3.06. The molecule has 1 aromatic heterocycles. The van der Waals surface area contributed by atoms with Gasteiger partial charge in [0.1, 0.15) is 0 Å². The Kier molecular flexibility index (Phi) is 4.06. The first-order chi connectivity index (χ1) is 11.6. The lowest BCUT2D eigenvalue weighted by Gasteiger charge is -2.47. The molecular formula is C19H20F2N2O. The van der Waals surface area contributed by atoms with E-state index >= 15 is 0 Å². The van der Waals surface area contributed by atoms with Gasteiger partial charge in [-0.25, -0.2) is 8.78 Å². The van der Waals surface area contributed by atoms with Gasteiger partial charge < -0.3 is 4.74 Å². The van der Waals surface area contributed by atoms with Crippen molar-refractivity contribution in [1.29, 1.82) is 0 Å². The molecule has 0 N–H and O–H groups in total. The number of likely N-dealkylation sites (tertiary alicyclic amines) is 1. The minimum absolute atomic E-state index is 0.177. The molecule has 4 rings (SSSR count). The number of aromatic nitrogens is 1. The van der Waals surface area contributed by atoms with Crippen LogP contribution < -0.4 is 0 Å². The summed E-state index contributed by atoms with van der Waals surface area (Å²) in [6.45, 7) is 2.97. The van der Waals surface area contributed by atoms with Gasteiger partial charge in [0.15, 0.2) is 11.6 Å². The Morgan fingerprint density at radius 1 is 1.21 bits per heavy atom. The largest absolute Gasteiger partial charge is 0.377 e. The van der Waals surface area contributed by atoms with E-state index in [0.29, 0.717) is 12.1 Å². The number of halogens is 2. The van der Waals surface area contributed by atoms with Crippen LogP contribution in [0.1, 0.15) is 17.5 Å². The van der Waals surface area contributed by atoms with E-state index in [1.54, 1.807) is 18.3 Å². The van der Waals surface area contributed by atoms with Crippen molar-refractivity contribution in [3.63, 3.8) is 0 Å². The second kappa shape index (κ2) is 6.22. The summed E-state index contributed by atoms with van der Waals surface area (Å²) < 4.78 is 33.0. The van der Waals surface area contributed by atoms with Crippen LogP contribution in [0.25, 0.3) is 0 Å². The van der Waals surface area contributed by atoms with Gasteiger partial charge in [0.05, 0.1) is 12.7 Å². The zero-order valence-electron chi connectivity index (χ0n) is 13.4. The second-order valence-corrected chi connectivity index (χ2v) is 7.06. The lowest BCUT2D eigenvalue weighted by atomic mass is 9.77. The number of hydrogen-bond donors (Lipinski definition) is 0. The molecule has 3 heterocycles. The molecule has 1 aromatic carbocycles. The SMILES string of the molecule is Fc1cccc(CN2CC3(CO[C@@H](Cc4cccnc4)C3)C2)c1F. The number of nitrogens with zero attached hydrogens (tertiary/aromatic N) is 2. The van der Waals surface area contributed by atoms with Crippen LogP contribution in [-0.4, -0.2) is 35.7 Å². The molecular weight excluding hydrogens is 310 g/mol. The molecule has 2 aliphatic heterocycles. The van der Waals surface area contributed by atoms with E-state index in [9.17, 15) is 8.78 Å². The van der Waals surface area contributed by atoms with Crippen molar-refractivity contribution in [3.8, 4) is 0 Å². The van der Waals surface area contributed by atoms with Gasteiger partial charge in [-0.05, 0) is 24.1 Å². The number of ether oxygens (including phenoxy) is 1. The summed E-state index contributed by atoms with van der Waals surface area (Å²) >= 11 is 0. The van der Waals surface area contributed by atoms with Crippen LogP contribution in [0.3, 0.4) is 0 Å². The predicted octanol–water partition coefficient (Wildman–Crippen LogP) is 3.19. The molecule has 2 fully saturated rings. The summed E-state index contributed by atoms with van der Waals surface area (Å²) in [6.07, 6.45) is 5.78. The molecule has 2 saturated heterocycles. The third-order valence-electron chi connectivity index (χ3n) is 5.02. The minimum Gasteiger partial charge on any atom is -0.377 e. The molecule has 2 aliphatic rings. The summed E-state index contributed by atoms with van der Waals surface area (Å²) in [7, 11) is 0. The van der Waals surface area contributed by atoms with E-state index in [4.69, 9.17) is 4.74 Å². The molecule has 0 saturated carbocycles. The fraction of sp³-hybridized carbons (Fsp3) is 0.421. The van der Waals surface area contributed by atoms with Gasteiger partial charge in [0.25, 0.3) is 0 Å². The Morgan fingerprint density at radius 2 is 2.08 bits per heavy atom. The van der Waals surface area contributed by atoms with Crippen molar-refractivity contribution < 1.29 is 13.5 Å². The first-order valence-corrected chi connectivity index (χ1v) is 8.29. The molecule has 0 amide bonds. The molecule has 5 heteroatoms. The van der Waals surface area contributed by atoms with Crippen molar-refractivity contribution in [2.45, 2.75) is 25.5 Å². The van der Waals surface area contributed by atoms with Crippen molar-refractivity contribution in [1.82, 2.24) is 9.88 Å². The van der Waals surface area contributed by atoms with E-state index in [1.807, 2.05) is 12.3 Å². The van der Waals surface area contributed by atoms with Crippen molar-refractivity contribution >= 4 is 0 Å². The Labute approximate surface area is 140 Å². The zero-order valence-corrected chi connectivity index (χ0v) is 13.4. The molecule has 1 atom stereocenters. The van der Waals surface area contributed by atoms with Gasteiger partial charge >= 0.3 is 0 Å². The topological polar surface area (TPSA) is 25.4 Å². The fourth-order valence-corrected chi connectivity index (χ4v) is 3.95. The average molecular weight is 330 g/mol. The standard InChI is InChI=1S/C19H20F2N2O/c20-17-5-1-4-15(18(17)21)10-23-11-19(12-23)8-16(24-13-19)7-14-3-2-6-22-9-14/h1-6,9,16H,7-8,10-13H2/t16-/m0/s1. The smallest absolute Gasteiger partial charge is 0.163 e. The lowest BCUT2D eigenvalue weighted by molar-refractivity contribution is -0.0147. The Hall–Kier alpha value is -1.85. The quantitative estimate of drug-likeness (QED) is 0.861. The number of benzene rings is 1. The highest BCUT2D eigenvalue weighted by atomic mass is 19.2. The van der Waals surface area contributed by atoms with Crippen LogP contribution >= 0.6 is 0 Å². The predicted molar refractivity (Wildman–Crippen MR) is 86.4 cm³/mol. The van der Waals surface area contributed by atoms with Crippen molar-refractivity contribution in [2.75, 3.05) is 19.7 Å². The zero-order chi connectivity index (χ0) is 16.6. The molecule has 24 heavy (non-hydrogen) atoms. The normalized spacial score (nSPS) is 22.7. The van der Waals surface area contributed by atoms with Gasteiger partial charge in [0.2, 0.25) is 0 Å². The number of hydrogen-bond acceptors (Lipinski definition) is 3. The first kappa shape index (κ1) is 15.7. The molecule has 1 spiro atoms. The second-order valence-electron chi connectivity index (χ2n) is 7.06. The fourth-order valence-electron chi connectivity index (χ4n) is 3.95. The van der Waals surface area contributed by atoms with Crippen LogP contribution in [0.5, 0.6) is 0 Å². The molecule has 3 nitrogen and oxygen atoms in total. The summed E-state index contributed by atoms with van der Waals surface area (Å²) in [5.74, 6) is -1.50. The Bertz CT molecular complexity index is 717. The first-order valence-electron chi connectivity index (χ1n) is 8.29. The molecule has 0 aliphatic carbocycles. The summed E-state index contributed by atoms with van der Waals surface area (Å²) in [5.41, 5.74) is 1.80. The van der Waals surface area contributed by atoms with Gasteiger partial charge in [-0.1, -0.05) is 18.2 Å². The van der Waals surface area contributed by atoms with Gasteiger partial charge in [0, 0.05) is 49.4 Å². The molecule has 0 radical (unpaired) electrons. The van der Waals surface area contributed by atoms with Crippen LogP contribution in [0.4, 0.5) is 8.78 Å². The van der Waals surface area contributed by atoms with E-state index in [2.05, 4.69) is 16.0 Å². The van der Waals surface area contributed by atoms with E-state index in [1.165, 1.54) is 5.56 Å². The Balaban J connectivity index is 1.32. The highest BCUT2D eigenvalue weighted by Gasteiger charge is 2.48. The summed E-state index contributed by atoms with van der Waals surface area (Å²) in [6, 6.07) is 8.38. The molecule has 2 aromatic rings. The highest BCUT2D eigenvalue weighted by molar-refractivity contribution is 5.20.